The van der Waals surface area contributed by atoms with Gasteiger partial charge < -0.3 is 24.4 Å². The number of Topliss-reactive ketones (excluding diaryl/α,β-unsaturated/α-hetero) is 1. The largest absolute Gasteiger partial charge is 0.507 e. The van der Waals surface area contributed by atoms with E-state index in [1.54, 1.807) is 42.5 Å². The molecule has 2 aromatic carbocycles. The lowest BCUT2D eigenvalue weighted by Gasteiger charge is -2.26. The van der Waals surface area contributed by atoms with E-state index in [0.29, 0.717) is 36.2 Å². The number of amides is 1. The lowest BCUT2D eigenvalue weighted by molar-refractivity contribution is -0.140. The number of nitrogens with zero attached hydrogens (tertiary/aromatic N) is 2. The molecule has 8 nitrogen and oxygen atoms in total. The number of carbonyl (C=O) groups excluding carboxylic acids is 3. The number of esters is 1. The highest BCUT2D eigenvalue weighted by atomic mass is 16.5. The molecule has 1 saturated heterocycles. The Labute approximate surface area is 198 Å². The number of likely N-dealkylation sites (tertiary alicyclic amines) is 1. The zero-order valence-corrected chi connectivity index (χ0v) is 19.7. The molecule has 0 bridgehead atoms. The normalized spacial score (nSPS) is 21.0. The number of likely N-dealkylation sites (N-methyl/N-ethyl adjacent to an activating group) is 1. The summed E-state index contributed by atoms with van der Waals surface area (Å²) in [7, 11) is 5.06. The van der Waals surface area contributed by atoms with Crippen molar-refractivity contribution in [2.24, 2.45) is 0 Å². The van der Waals surface area contributed by atoms with Gasteiger partial charge in [0, 0.05) is 25.1 Å². The highest BCUT2D eigenvalue weighted by Crippen LogP contribution is 2.40. The fraction of sp³-hybridized carbons (Fsp3) is 0.346. The fourth-order valence-corrected chi connectivity index (χ4v) is 4.41. The molecular weight excluding hydrogens is 436 g/mol. The molecule has 2 aliphatic heterocycles. The number of hydrogen-bond acceptors (Lipinski definition) is 7. The Morgan fingerprint density at radius 3 is 2.47 bits per heavy atom. The second-order valence-electron chi connectivity index (χ2n) is 8.86. The van der Waals surface area contributed by atoms with Gasteiger partial charge in [0.25, 0.3) is 11.7 Å². The first-order chi connectivity index (χ1) is 16.2. The van der Waals surface area contributed by atoms with Gasteiger partial charge in [-0.15, -0.1) is 0 Å². The van der Waals surface area contributed by atoms with E-state index in [2.05, 4.69) is 0 Å². The highest BCUT2D eigenvalue weighted by molar-refractivity contribution is 6.46. The fourth-order valence-electron chi connectivity index (χ4n) is 4.41. The molecule has 0 saturated carbocycles. The Morgan fingerprint density at radius 2 is 1.82 bits per heavy atom. The van der Waals surface area contributed by atoms with Crippen molar-refractivity contribution in [1.29, 1.82) is 0 Å². The number of hydrogen-bond donors (Lipinski definition) is 1. The molecule has 34 heavy (non-hydrogen) atoms. The second-order valence-corrected chi connectivity index (χ2v) is 8.86. The van der Waals surface area contributed by atoms with Crippen molar-refractivity contribution in [3.8, 4) is 5.75 Å². The molecule has 2 aliphatic rings. The van der Waals surface area contributed by atoms with Gasteiger partial charge in [-0.3, -0.25) is 9.59 Å². The maximum absolute atomic E-state index is 13.1. The summed E-state index contributed by atoms with van der Waals surface area (Å²) < 4.78 is 10.5. The number of methoxy groups -OCH3 is 1. The Balaban J connectivity index is 1.80. The molecule has 0 aliphatic carbocycles. The molecule has 2 heterocycles. The minimum Gasteiger partial charge on any atom is -0.507 e. The Morgan fingerprint density at radius 1 is 1.15 bits per heavy atom. The monoisotopic (exact) mass is 464 g/mol. The number of carbonyl (C=O) groups is 3. The van der Waals surface area contributed by atoms with Gasteiger partial charge in [0.1, 0.15) is 17.6 Å². The van der Waals surface area contributed by atoms with E-state index in [1.807, 2.05) is 25.9 Å². The van der Waals surface area contributed by atoms with Gasteiger partial charge in [-0.2, -0.15) is 0 Å². The third kappa shape index (κ3) is 4.28. The summed E-state index contributed by atoms with van der Waals surface area (Å²) in [5, 5.41) is 11.3. The van der Waals surface area contributed by atoms with Gasteiger partial charge in [0.2, 0.25) is 0 Å². The van der Waals surface area contributed by atoms with Crippen LogP contribution in [0, 0.1) is 0 Å². The lowest BCUT2D eigenvalue weighted by Crippen LogP contribution is -2.35. The van der Waals surface area contributed by atoms with Gasteiger partial charge in [-0.05, 0) is 62.5 Å². The maximum atomic E-state index is 13.1. The van der Waals surface area contributed by atoms with Gasteiger partial charge in [0.05, 0.1) is 24.3 Å². The standard InChI is InChI=1S/C26H28N2O6/c1-15-13-19-14-18(9-10-20(19)34-15)23(29)21-22(16-5-7-17(8-6-16)26(32)33-4)28(12-11-27(2)3)25(31)24(21)30/h5-10,14-15,22,29H,11-13H2,1-4H3/b23-21+/t15-,22+/m0/s1. The number of aliphatic hydroxyl groups is 1. The first-order valence-corrected chi connectivity index (χ1v) is 11.1. The third-order valence-electron chi connectivity index (χ3n) is 6.15. The minimum atomic E-state index is -0.782. The summed E-state index contributed by atoms with van der Waals surface area (Å²) in [6.45, 7) is 2.80. The lowest BCUT2D eigenvalue weighted by atomic mass is 9.94. The van der Waals surface area contributed by atoms with Crippen molar-refractivity contribution in [2.75, 3.05) is 34.3 Å². The van der Waals surface area contributed by atoms with Gasteiger partial charge >= 0.3 is 5.97 Å². The molecule has 1 amide bonds. The van der Waals surface area contributed by atoms with E-state index in [9.17, 15) is 19.5 Å². The predicted octanol–water partition coefficient (Wildman–Crippen LogP) is 2.78. The Bertz CT molecular complexity index is 1170. The zero-order chi connectivity index (χ0) is 24.6. The van der Waals surface area contributed by atoms with E-state index in [1.165, 1.54) is 12.0 Å². The summed E-state index contributed by atoms with van der Waals surface area (Å²) in [4.78, 5) is 41.4. The Kier molecular flexibility index (Phi) is 6.43. The molecule has 4 rings (SSSR count). The molecule has 1 fully saturated rings. The van der Waals surface area contributed by atoms with E-state index >= 15 is 0 Å². The molecule has 0 radical (unpaired) electrons. The van der Waals surface area contributed by atoms with Crippen molar-refractivity contribution >= 4 is 23.4 Å². The van der Waals surface area contributed by atoms with Crippen LogP contribution in [-0.4, -0.2) is 73.0 Å². The van der Waals surface area contributed by atoms with Crippen LogP contribution in [0.3, 0.4) is 0 Å². The van der Waals surface area contributed by atoms with E-state index < -0.39 is 23.7 Å². The predicted molar refractivity (Wildman–Crippen MR) is 126 cm³/mol. The van der Waals surface area contributed by atoms with E-state index in [4.69, 9.17) is 9.47 Å². The zero-order valence-electron chi connectivity index (χ0n) is 19.7. The van der Waals surface area contributed by atoms with Crippen LogP contribution in [0.1, 0.15) is 40.0 Å². The van der Waals surface area contributed by atoms with Crippen LogP contribution in [0.5, 0.6) is 5.75 Å². The van der Waals surface area contributed by atoms with Gasteiger partial charge in [-0.25, -0.2) is 4.79 Å². The van der Waals surface area contributed by atoms with Crippen molar-refractivity contribution in [1.82, 2.24) is 9.80 Å². The summed E-state index contributed by atoms with van der Waals surface area (Å²) in [5.74, 6) is -1.35. The van der Waals surface area contributed by atoms with Crippen LogP contribution in [-0.2, 0) is 20.7 Å². The molecule has 2 aromatic rings. The van der Waals surface area contributed by atoms with Crippen molar-refractivity contribution in [2.45, 2.75) is 25.5 Å². The summed E-state index contributed by atoms with van der Waals surface area (Å²) in [6, 6.07) is 11.0. The number of ketones is 1. The van der Waals surface area contributed by atoms with Crippen LogP contribution < -0.4 is 4.74 Å². The summed E-state index contributed by atoms with van der Waals surface area (Å²) >= 11 is 0. The second kappa shape index (κ2) is 9.30. The number of fused-ring (bicyclic) bond motifs is 1. The number of ether oxygens (including phenoxy) is 2. The minimum absolute atomic E-state index is 0.0292. The summed E-state index contributed by atoms with van der Waals surface area (Å²) in [5.41, 5.74) is 2.40. The summed E-state index contributed by atoms with van der Waals surface area (Å²) in [6.07, 6.45) is 0.740. The smallest absolute Gasteiger partial charge is 0.337 e. The first-order valence-electron chi connectivity index (χ1n) is 11.1. The number of rotatable bonds is 6. The van der Waals surface area contributed by atoms with Crippen LogP contribution in [0.2, 0.25) is 0 Å². The first kappa shape index (κ1) is 23.5. The number of aliphatic hydroxyl groups excluding tert-OH is 1. The van der Waals surface area contributed by atoms with Crippen molar-refractivity contribution in [3.63, 3.8) is 0 Å². The number of benzene rings is 2. The maximum Gasteiger partial charge on any atom is 0.337 e. The van der Waals surface area contributed by atoms with Crippen LogP contribution >= 0.6 is 0 Å². The molecule has 0 unspecified atom stereocenters. The molecule has 1 N–H and O–H groups in total. The molecule has 8 heteroatoms. The molecule has 0 spiro atoms. The Hall–Kier alpha value is -3.65. The molecule has 0 aromatic heterocycles. The van der Waals surface area contributed by atoms with Crippen LogP contribution in [0.15, 0.2) is 48.0 Å². The van der Waals surface area contributed by atoms with Crippen molar-refractivity contribution in [3.05, 3.63) is 70.3 Å². The average Bonchev–Trinajstić information content (AvgIpc) is 3.32. The van der Waals surface area contributed by atoms with Gasteiger partial charge in [-0.1, -0.05) is 12.1 Å². The van der Waals surface area contributed by atoms with E-state index in [0.717, 1.165) is 11.3 Å². The SMILES string of the molecule is COC(=O)c1ccc([C@@H]2/C(=C(\O)c3ccc4c(c3)C[C@H](C)O4)C(=O)C(=O)N2CCN(C)C)cc1. The van der Waals surface area contributed by atoms with Crippen molar-refractivity contribution < 1.29 is 29.0 Å². The van der Waals surface area contributed by atoms with Crippen LogP contribution in [0.4, 0.5) is 0 Å². The van der Waals surface area contributed by atoms with Gasteiger partial charge in [0.15, 0.2) is 0 Å². The van der Waals surface area contributed by atoms with Crippen LogP contribution in [0.25, 0.3) is 5.76 Å². The quantitative estimate of drug-likeness (QED) is 0.304. The topological polar surface area (TPSA) is 96.4 Å². The van der Waals surface area contributed by atoms with E-state index in [-0.39, 0.29) is 17.4 Å². The third-order valence-corrected chi connectivity index (χ3v) is 6.15. The average molecular weight is 465 g/mol. The molecular formula is C26H28N2O6. The molecule has 2 atom stereocenters. The highest BCUT2D eigenvalue weighted by Gasteiger charge is 2.46. The molecule has 178 valence electrons.